The van der Waals surface area contributed by atoms with Crippen LogP contribution < -0.4 is 15.4 Å². The number of aryl methyl sites for hydroxylation is 1. The zero-order valence-corrected chi connectivity index (χ0v) is 21.5. The Labute approximate surface area is 217 Å². The number of nitriles is 1. The number of nitrogens with one attached hydrogen (secondary N) is 2. The van der Waals surface area contributed by atoms with Crippen molar-refractivity contribution < 1.29 is 14.3 Å². The number of anilines is 2. The van der Waals surface area contributed by atoms with Crippen LogP contribution in [0, 0.1) is 11.3 Å². The van der Waals surface area contributed by atoms with E-state index >= 15 is 0 Å². The van der Waals surface area contributed by atoms with Gasteiger partial charge in [0.1, 0.15) is 22.6 Å². The third-order valence-electron chi connectivity index (χ3n) is 5.67. The number of hydrogen-bond donors (Lipinski definition) is 2. The zero-order chi connectivity index (χ0) is 25.5. The molecule has 3 aromatic rings. The number of carbonyl (C=O) groups excluding carboxylic acids is 2. The number of ether oxygens (including phenoxy) is 1. The normalized spacial score (nSPS) is 12.3. The van der Waals surface area contributed by atoms with Gasteiger partial charge in [-0.2, -0.15) is 5.26 Å². The van der Waals surface area contributed by atoms with E-state index < -0.39 is 0 Å². The number of nitrogens with zero attached hydrogens (tertiary/aromatic N) is 4. The van der Waals surface area contributed by atoms with Crippen LogP contribution in [0.15, 0.2) is 42.1 Å². The van der Waals surface area contributed by atoms with Gasteiger partial charge in [-0.05, 0) is 43.4 Å². The van der Waals surface area contributed by atoms with Crippen LogP contribution >= 0.6 is 23.1 Å². The zero-order valence-electron chi connectivity index (χ0n) is 19.9. The van der Waals surface area contributed by atoms with Crippen molar-refractivity contribution in [3.63, 3.8) is 0 Å². The summed E-state index contributed by atoms with van der Waals surface area (Å²) in [6.45, 7) is 4.17. The van der Waals surface area contributed by atoms with E-state index in [1.807, 2.05) is 12.1 Å². The number of allylic oxidation sites excluding steroid dienone is 1. The van der Waals surface area contributed by atoms with Crippen molar-refractivity contribution in [3.8, 4) is 11.8 Å². The monoisotopic (exact) mass is 522 g/mol. The second kappa shape index (κ2) is 11.9. The van der Waals surface area contributed by atoms with E-state index in [2.05, 4.69) is 33.5 Å². The number of para-hydroxylation sites is 2. The first-order valence-corrected chi connectivity index (χ1v) is 13.3. The third kappa shape index (κ3) is 5.78. The summed E-state index contributed by atoms with van der Waals surface area (Å²) in [6.07, 6.45) is 5.71. The lowest BCUT2D eigenvalue weighted by molar-refractivity contribution is -0.116. The summed E-state index contributed by atoms with van der Waals surface area (Å²) >= 11 is 2.72. The fraction of sp³-hybridized carbons (Fsp3) is 0.320. The molecule has 2 N–H and O–H groups in total. The first-order valence-electron chi connectivity index (χ1n) is 11.5. The Morgan fingerprint density at radius 1 is 1.25 bits per heavy atom. The first kappa shape index (κ1) is 25.5. The first-order chi connectivity index (χ1) is 17.5. The summed E-state index contributed by atoms with van der Waals surface area (Å²) in [7, 11) is 1.54. The minimum atomic E-state index is -0.266. The maximum absolute atomic E-state index is 12.7. The van der Waals surface area contributed by atoms with E-state index in [-0.39, 0.29) is 24.0 Å². The Morgan fingerprint density at radius 2 is 2.06 bits per heavy atom. The summed E-state index contributed by atoms with van der Waals surface area (Å²) < 4.78 is 7.04. The number of aromatic nitrogens is 3. The minimum Gasteiger partial charge on any atom is -0.495 e. The number of thiophene rings is 1. The van der Waals surface area contributed by atoms with Crippen LogP contribution in [0.25, 0.3) is 0 Å². The molecule has 0 spiro atoms. The molecular formula is C25H26N6O3S2. The highest BCUT2D eigenvalue weighted by Gasteiger charge is 2.22. The number of methoxy groups -OCH3 is 1. The van der Waals surface area contributed by atoms with Gasteiger partial charge in [-0.3, -0.25) is 9.59 Å². The maximum Gasteiger partial charge on any atom is 0.235 e. The number of thioether (sulfide) groups is 1. The molecule has 186 valence electrons. The highest BCUT2D eigenvalue weighted by molar-refractivity contribution is 7.99. The van der Waals surface area contributed by atoms with Gasteiger partial charge in [0.25, 0.3) is 0 Å². The number of rotatable bonds is 10. The second-order valence-corrected chi connectivity index (χ2v) is 10.1. The molecule has 0 aliphatic heterocycles. The molecule has 4 rings (SSSR count). The Bertz CT molecular complexity index is 1320. The molecule has 36 heavy (non-hydrogen) atoms. The average Bonchev–Trinajstić information content (AvgIpc) is 3.43. The number of amides is 2. The quantitative estimate of drug-likeness (QED) is 0.302. The van der Waals surface area contributed by atoms with Crippen LogP contribution in [0.2, 0.25) is 0 Å². The molecule has 9 nitrogen and oxygen atoms in total. The molecule has 2 amide bonds. The van der Waals surface area contributed by atoms with E-state index in [9.17, 15) is 14.9 Å². The third-order valence-corrected chi connectivity index (χ3v) is 7.85. The fourth-order valence-electron chi connectivity index (χ4n) is 4.02. The molecule has 0 fully saturated rings. The molecule has 0 atom stereocenters. The van der Waals surface area contributed by atoms with Gasteiger partial charge in [-0.1, -0.05) is 30.0 Å². The highest BCUT2D eigenvalue weighted by atomic mass is 32.2. The summed E-state index contributed by atoms with van der Waals surface area (Å²) in [5.41, 5.74) is 2.24. The molecule has 0 radical (unpaired) electrons. The van der Waals surface area contributed by atoms with Gasteiger partial charge >= 0.3 is 0 Å². The topological polar surface area (TPSA) is 122 Å². The number of fused-ring (bicyclic) bond motifs is 1. The van der Waals surface area contributed by atoms with Gasteiger partial charge in [0.2, 0.25) is 11.8 Å². The van der Waals surface area contributed by atoms with Crippen molar-refractivity contribution in [2.45, 2.75) is 43.8 Å². The molecule has 2 heterocycles. The summed E-state index contributed by atoms with van der Waals surface area (Å²) in [4.78, 5) is 26.6. The Morgan fingerprint density at radius 3 is 2.83 bits per heavy atom. The lowest BCUT2D eigenvalue weighted by Gasteiger charge is -2.10. The summed E-state index contributed by atoms with van der Waals surface area (Å²) in [5.74, 6) is 0.626. The minimum absolute atomic E-state index is 0.00206. The second-order valence-electron chi connectivity index (χ2n) is 8.09. The molecular weight excluding hydrogens is 496 g/mol. The average molecular weight is 523 g/mol. The molecule has 1 aliphatic rings. The molecule has 0 unspecified atom stereocenters. The summed E-state index contributed by atoms with van der Waals surface area (Å²) in [6, 6.07) is 9.41. The molecule has 0 saturated heterocycles. The van der Waals surface area contributed by atoms with E-state index in [0.717, 1.165) is 31.2 Å². The van der Waals surface area contributed by atoms with E-state index in [4.69, 9.17) is 4.74 Å². The van der Waals surface area contributed by atoms with Crippen LogP contribution in [0.1, 0.15) is 34.7 Å². The number of carbonyl (C=O) groups is 2. The van der Waals surface area contributed by atoms with Crippen LogP contribution in [-0.4, -0.2) is 39.4 Å². The van der Waals surface area contributed by atoms with Crippen LogP contribution in [0.4, 0.5) is 10.7 Å². The summed E-state index contributed by atoms with van der Waals surface area (Å²) in [5, 5.41) is 24.8. The molecule has 2 aromatic heterocycles. The predicted octanol–water partition coefficient (Wildman–Crippen LogP) is 4.20. The molecule has 1 aromatic carbocycles. The molecule has 0 bridgehead atoms. The van der Waals surface area contributed by atoms with Gasteiger partial charge in [-0.15, -0.1) is 28.1 Å². The predicted molar refractivity (Wildman–Crippen MR) is 141 cm³/mol. The van der Waals surface area contributed by atoms with Crippen LogP contribution in [0.3, 0.4) is 0 Å². The van der Waals surface area contributed by atoms with Crippen molar-refractivity contribution in [1.29, 1.82) is 5.26 Å². The standard InChI is InChI=1S/C25H26N6O3S2/c1-3-12-31-21(13-22(32)27-18-9-5-6-10-19(18)34-2)29-30-25(31)35-15-23(33)28-24-17(14-26)16-8-4-7-11-20(16)36-24/h3,5-6,9-10H,1,4,7-8,11-13,15H2,2H3,(H,27,32)(H,28,33). The highest BCUT2D eigenvalue weighted by Crippen LogP contribution is 2.37. The Kier molecular flexibility index (Phi) is 8.40. The SMILES string of the molecule is C=CCn1c(CC(=O)Nc2ccccc2OC)nnc1SCC(=O)Nc1sc2c(c1C#N)CCCC2. The van der Waals surface area contributed by atoms with Crippen molar-refractivity contribution in [3.05, 3.63) is 58.7 Å². The lowest BCUT2D eigenvalue weighted by atomic mass is 9.96. The van der Waals surface area contributed by atoms with Crippen molar-refractivity contribution in [1.82, 2.24) is 14.8 Å². The lowest BCUT2D eigenvalue weighted by Crippen LogP contribution is -2.18. The van der Waals surface area contributed by atoms with Gasteiger partial charge in [0, 0.05) is 11.4 Å². The van der Waals surface area contributed by atoms with Crippen molar-refractivity contribution >= 4 is 45.6 Å². The van der Waals surface area contributed by atoms with Gasteiger partial charge in [-0.25, -0.2) is 0 Å². The Hall–Kier alpha value is -3.62. The Balaban J connectivity index is 1.40. The molecule has 1 aliphatic carbocycles. The van der Waals surface area contributed by atoms with E-state index in [1.165, 1.54) is 28.0 Å². The smallest absolute Gasteiger partial charge is 0.235 e. The maximum atomic E-state index is 12.7. The van der Waals surface area contributed by atoms with Crippen LogP contribution in [-0.2, 0) is 35.4 Å². The molecule has 11 heteroatoms. The van der Waals surface area contributed by atoms with E-state index in [1.54, 1.807) is 29.9 Å². The van der Waals surface area contributed by atoms with Gasteiger partial charge < -0.3 is 19.9 Å². The van der Waals surface area contributed by atoms with Crippen molar-refractivity contribution in [2.75, 3.05) is 23.5 Å². The number of hydrogen-bond acceptors (Lipinski definition) is 8. The van der Waals surface area contributed by atoms with Crippen molar-refractivity contribution in [2.24, 2.45) is 0 Å². The van der Waals surface area contributed by atoms with Gasteiger partial charge in [0.05, 0.1) is 30.5 Å². The van der Waals surface area contributed by atoms with Gasteiger partial charge in [0.15, 0.2) is 5.16 Å². The molecule has 0 saturated carbocycles. The van der Waals surface area contributed by atoms with E-state index in [0.29, 0.717) is 39.5 Å². The fourth-order valence-corrected chi connectivity index (χ4v) is 6.04. The van der Waals surface area contributed by atoms with Crippen LogP contribution in [0.5, 0.6) is 5.75 Å². The number of benzene rings is 1. The largest absolute Gasteiger partial charge is 0.495 e.